The summed E-state index contributed by atoms with van der Waals surface area (Å²) in [6.07, 6.45) is 3.42. The van der Waals surface area contributed by atoms with E-state index in [2.05, 4.69) is 14.9 Å². The summed E-state index contributed by atoms with van der Waals surface area (Å²) < 4.78 is 19.0. The standard InChI is InChI=1S/C25H22FN5O2/c26-19-4-1-16(2-5-19)22-23(17-7-9-28-10-8-17)30-25(29-22)18-3-6-20(24(27)32)21(15-18)31-11-13-33-14-12-31/h1-10,15H,11-14H2,(H2,27,32)(H,29,30). The van der Waals surface area contributed by atoms with E-state index in [0.717, 1.165) is 28.1 Å². The van der Waals surface area contributed by atoms with Crippen LogP contribution in [0.25, 0.3) is 33.9 Å². The number of nitrogens with one attached hydrogen (secondary N) is 1. The van der Waals surface area contributed by atoms with Crippen LogP contribution in [0.1, 0.15) is 10.4 Å². The molecule has 1 aliphatic rings. The number of aromatic nitrogens is 3. The van der Waals surface area contributed by atoms with Crippen LogP contribution in [0.5, 0.6) is 0 Å². The number of imidazole rings is 1. The summed E-state index contributed by atoms with van der Waals surface area (Å²) in [5, 5.41) is 0. The summed E-state index contributed by atoms with van der Waals surface area (Å²) in [4.78, 5) is 26.5. The van der Waals surface area contributed by atoms with E-state index in [9.17, 15) is 9.18 Å². The van der Waals surface area contributed by atoms with Crippen LogP contribution in [0.3, 0.4) is 0 Å². The molecule has 8 heteroatoms. The molecule has 0 radical (unpaired) electrons. The molecule has 1 saturated heterocycles. The molecule has 7 nitrogen and oxygen atoms in total. The molecule has 0 atom stereocenters. The van der Waals surface area contributed by atoms with Gasteiger partial charge >= 0.3 is 0 Å². The number of ether oxygens (including phenoxy) is 1. The number of rotatable bonds is 5. The third-order valence-corrected chi connectivity index (χ3v) is 5.68. The first kappa shape index (κ1) is 20.8. The zero-order valence-corrected chi connectivity index (χ0v) is 17.8. The van der Waals surface area contributed by atoms with Crippen molar-refractivity contribution in [3.63, 3.8) is 0 Å². The van der Waals surface area contributed by atoms with Crippen molar-refractivity contribution < 1.29 is 13.9 Å². The number of pyridine rings is 1. The highest BCUT2D eigenvalue weighted by molar-refractivity contribution is 5.99. The minimum Gasteiger partial charge on any atom is -0.378 e. The second kappa shape index (κ2) is 8.84. The largest absolute Gasteiger partial charge is 0.378 e. The number of nitrogens with zero attached hydrogens (tertiary/aromatic N) is 3. The van der Waals surface area contributed by atoms with E-state index in [1.54, 1.807) is 30.6 Å². The molecule has 33 heavy (non-hydrogen) atoms. The zero-order valence-electron chi connectivity index (χ0n) is 17.8. The number of H-pyrrole nitrogens is 1. The molecule has 3 N–H and O–H groups in total. The summed E-state index contributed by atoms with van der Waals surface area (Å²) in [5.74, 6) is -0.157. The van der Waals surface area contributed by atoms with Crippen molar-refractivity contribution in [3.8, 4) is 33.9 Å². The van der Waals surface area contributed by atoms with Gasteiger partial charge in [0.1, 0.15) is 11.6 Å². The van der Waals surface area contributed by atoms with Gasteiger partial charge in [0.15, 0.2) is 0 Å². The lowest BCUT2D eigenvalue weighted by atomic mass is 10.1. The third-order valence-electron chi connectivity index (χ3n) is 5.68. The van der Waals surface area contributed by atoms with Gasteiger partial charge in [0.25, 0.3) is 5.91 Å². The number of morpholine rings is 1. The molecule has 2 aromatic heterocycles. The molecule has 5 rings (SSSR count). The van der Waals surface area contributed by atoms with E-state index in [-0.39, 0.29) is 5.82 Å². The van der Waals surface area contributed by atoms with E-state index in [1.165, 1.54) is 12.1 Å². The monoisotopic (exact) mass is 443 g/mol. The predicted molar refractivity (Wildman–Crippen MR) is 124 cm³/mol. The second-order valence-corrected chi connectivity index (χ2v) is 7.75. The Balaban J connectivity index is 1.63. The van der Waals surface area contributed by atoms with Crippen LogP contribution in [-0.2, 0) is 4.74 Å². The maximum atomic E-state index is 13.5. The topological polar surface area (TPSA) is 97.1 Å². The Morgan fingerprint density at radius 2 is 1.67 bits per heavy atom. The van der Waals surface area contributed by atoms with Crippen molar-refractivity contribution in [1.29, 1.82) is 0 Å². The van der Waals surface area contributed by atoms with Crippen LogP contribution in [-0.4, -0.2) is 47.2 Å². The SMILES string of the molecule is NC(=O)c1ccc(-c2nc(-c3ccc(F)cc3)c(-c3ccncc3)[nH]2)cc1N1CCOCC1. The highest BCUT2D eigenvalue weighted by Crippen LogP contribution is 2.34. The number of halogens is 1. The fourth-order valence-corrected chi connectivity index (χ4v) is 4.01. The first-order chi connectivity index (χ1) is 16.1. The van der Waals surface area contributed by atoms with Crippen LogP contribution in [0.4, 0.5) is 10.1 Å². The van der Waals surface area contributed by atoms with E-state index < -0.39 is 5.91 Å². The second-order valence-electron chi connectivity index (χ2n) is 7.75. The Morgan fingerprint density at radius 3 is 2.36 bits per heavy atom. The van der Waals surface area contributed by atoms with Gasteiger partial charge in [-0.2, -0.15) is 0 Å². The Bertz CT molecular complexity index is 1280. The normalized spacial score (nSPS) is 13.8. The Labute approximate surface area is 190 Å². The zero-order chi connectivity index (χ0) is 22.8. The fraction of sp³-hybridized carbons (Fsp3) is 0.160. The number of hydrogen-bond acceptors (Lipinski definition) is 5. The Kier molecular flexibility index (Phi) is 5.58. The summed E-state index contributed by atoms with van der Waals surface area (Å²) in [7, 11) is 0. The highest BCUT2D eigenvalue weighted by atomic mass is 19.1. The molecule has 0 aliphatic carbocycles. The molecule has 2 aromatic carbocycles. The predicted octanol–water partition coefficient (Wildman–Crippen LogP) is 3.88. The fourth-order valence-electron chi connectivity index (χ4n) is 4.01. The van der Waals surface area contributed by atoms with Crippen molar-refractivity contribution in [2.24, 2.45) is 5.73 Å². The molecular formula is C25H22FN5O2. The molecule has 4 aromatic rings. The lowest BCUT2D eigenvalue weighted by molar-refractivity contribution is 0.0998. The van der Waals surface area contributed by atoms with Crippen LogP contribution in [0, 0.1) is 5.82 Å². The smallest absolute Gasteiger partial charge is 0.250 e. The van der Waals surface area contributed by atoms with Crippen LogP contribution >= 0.6 is 0 Å². The molecule has 1 amide bonds. The number of aromatic amines is 1. The maximum absolute atomic E-state index is 13.5. The van der Waals surface area contributed by atoms with E-state index in [1.807, 2.05) is 24.3 Å². The van der Waals surface area contributed by atoms with Gasteiger partial charge in [0.05, 0.1) is 35.9 Å². The number of amides is 1. The third kappa shape index (κ3) is 4.20. The molecule has 1 aliphatic heterocycles. The number of anilines is 1. The number of carbonyl (C=O) groups is 1. The molecule has 1 fully saturated rings. The van der Waals surface area contributed by atoms with Crippen molar-refractivity contribution in [2.75, 3.05) is 31.2 Å². The summed E-state index contributed by atoms with van der Waals surface area (Å²) in [5.41, 5.74) is 10.9. The highest BCUT2D eigenvalue weighted by Gasteiger charge is 2.21. The minimum absolute atomic E-state index is 0.308. The number of nitrogens with two attached hydrogens (primary N) is 1. The van der Waals surface area contributed by atoms with E-state index in [0.29, 0.717) is 43.4 Å². The van der Waals surface area contributed by atoms with Gasteiger partial charge in [-0.1, -0.05) is 6.07 Å². The summed E-state index contributed by atoms with van der Waals surface area (Å²) in [6, 6.07) is 15.5. The van der Waals surface area contributed by atoms with Crippen molar-refractivity contribution >= 4 is 11.6 Å². The van der Waals surface area contributed by atoms with Gasteiger partial charge < -0.3 is 20.4 Å². The number of benzene rings is 2. The van der Waals surface area contributed by atoms with Gasteiger partial charge in [-0.05, 0) is 48.5 Å². The van der Waals surface area contributed by atoms with Crippen LogP contribution < -0.4 is 10.6 Å². The number of hydrogen-bond donors (Lipinski definition) is 2. The molecule has 3 heterocycles. The van der Waals surface area contributed by atoms with Crippen molar-refractivity contribution in [3.05, 3.63) is 78.4 Å². The number of carbonyl (C=O) groups excluding carboxylic acids is 1. The maximum Gasteiger partial charge on any atom is 0.250 e. The average Bonchev–Trinajstić information content (AvgIpc) is 3.31. The first-order valence-corrected chi connectivity index (χ1v) is 10.6. The molecular weight excluding hydrogens is 421 g/mol. The van der Waals surface area contributed by atoms with Gasteiger partial charge in [-0.25, -0.2) is 9.37 Å². The average molecular weight is 443 g/mol. The van der Waals surface area contributed by atoms with Gasteiger partial charge in [-0.15, -0.1) is 0 Å². The Morgan fingerprint density at radius 1 is 0.970 bits per heavy atom. The van der Waals surface area contributed by atoms with Gasteiger partial charge in [0, 0.05) is 42.2 Å². The van der Waals surface area contributed by atoms with Crippen LogP contribution in [0.2, 0.25) is 0 Å². The lowest BCUT2D eigenvalue weighted by Crippen LogP contribution is -2.37. The van der Waals surface area contributed by atoms with Gasteiger partial charge in [0.2, 0.25) is 0 Å². The number of primary amides is 1. The van der Waals surface area contributed by atoms with Gasteiger partial charge in [-0.3, -0.25) is 9.78 Å². The molecule has 0 saturated carbocycles. The van der Waals surface area contributed by atoms with Crippen molar-refractivity contribution in [2.45, 2.75) is 0 Å². The first-order valence-electron chi connectivity index (χ1n) is 10.6. The summed E-state index contributed by atoms with van der Waals surface area (Å²) in [6.45, 7) is 2.52. The quantitative estimate of drug-likeness (QED) is 0.488. The lowest BCUT2D eigenvalue weighted by Gasteiger charge is -2.30. The summed E-state index contributed by atoms with van der Waals surface area (Å²) >= 11 is 0. The molecule has 0 bridgehead atoms. The molecule has 0 unspecified atom stereocenters. The Hall–Kier alpha value is -4.04. The van der Waals surface area contributed by atoms with Crippen LogP contribution in [0.15, 0.2) is 67.0 Å². The van der Waals surface area contributed by atoms with E-state index >= 15 is 0 Å². The van der Waals surface area contributed by atoms with E-state index in [4.69, 9.17) is 15.5 Å². The molecule has 0 spiro atoms. The minimum atomic E-state index is -0.480. The van der Waals surface area contributed by atoms with Crippen molar-refractivity contribution in [1.82, 2.24) is 15.0 Å². The molecule has 166 valence electrons.